The molecule has 1 atom stereocenters. The van der Waals surface area contributed by atoms with Crippen LogP contribution in [-0.2, 0) is 4.79 Å². The second-order valence-electron chi connectivity index (χ2n) is 6.74. The maximum Gasteiger partial charge on any atom is 0.230 e. The lowest BCUT2D eigenvalue weighted by atomic mass is 9.97. The number of amides is 1. The van der Waals surface area contributed by atoms with Gasteiger partial charge in [0.05, 0.1) is 11.8 Å². The first-order valence-corrected chi connectivity index (χ1v) is 10.5. The van der Waals surface area contributed by atoms with Crippen LogP contribution in [-0.4, -0.2) is 27.9 Å². The van der Waals surface area contributed by atoms with Crippen molar-refractivity contribution in [2.45, 2.75) is 49.5 Å². The maximum absolute atomic E-state index is 12.4. The third-order valence-electron chi connectivity index (χ3n) is 3.88. The van der Waals surface area contributed by atoms with Crippen molar-refractivity contribution < 1.29 is 4.79 Å². The fourth-order valence-corrected chi connectivity index (χ4v) is 4.17. The van der Waals surface area contributed by atoms with Crippen molar-refractivity contribution >= 4 is 34.1 Å². The Morgan fingerprint density at radius 3 is 2.72 bits per heavy atom. The van der Waals surface area contributed by atoms with Gasteiger partial charge in [-0.2, -0.15) is 0 Å². The first-order valence-electron chi connectivity index (χ1n) is 8.67. The Morgan fingerprint density at radius 1 is 1.28 bits per heavy atom. The quantitative estimate of drug-likeness (QED) is 0.645. The van der Waals surface area contributed by atoms with Crippen LogP contribution in [0.25, 0.3) is 0 Å². The second-order valence-corrected chi connectivity index (χ2v) is 8.94. The topological polar surface area (TPSA) is 66.9 Å². The number of aromatic nitrogens is 2. The minimum absolute atomic E-state index is 0.0337. The molecule has 5 nitrogen and oxygen atoms in total. The van der Waals surface area contributed by atoms with Gasteiger partial charge in [-0.05, 0) is 30.7 Å². The second kappa shape index (κ2) is 8.67. The van der Waals surface area contributed by atoms with Gasteiger partial charge in [0.15, 0.2) is 4.34 Å². The number of nitrogens with one attached hydrogen (secondary N) is 2. The number of anilines is 1. The van der Waals surface area contributed by atoms with E-state index in [4.69, 9.17) is 0 Å². The molecule has 7 heteroatoms. The van der Waals surface area contributed by atoms with Crippen molar-refractivity contribution in [3.05, 3.63) is 35.9 Å². The molecule has 2 N–H and O–H groups in total. The molecule has 1 aliphatic rings. The molecule has 0 saturated heterocycles. The maximum atomic E-state index is 12.4. The monoisotopic (exact) mass is 376 g/mol. The van der Waals surface area contributed by atoms with Crippen molar-refractivity contribution in [2.24, 2.45) is 5.92 Å². The summed E-state index contributed by atoms with van der Waals surface area (Å²) in [5.41, 5.74) is 1.15. The predicted octanol–water partition coefficient (Wildman–Crippen LogP) is 4.11. The molecule has 25 heavy (non-hydrogen) atoms. The summed E-state index contributed by atoms with van der Waals surface area (Å²) in [4.78, 5) is 12.4. The van der Waals surface area contributed by atoms with Crippen LogP contribution >= 0.6 is 23.1 Å². The van der Waals surface area contributed by atoms with Crippen molar-refractivity contribution in [1.82, 2.24) is 15.5 Å². The standard InChI is InChI=1S/C18H24N4OS2/c1-12(2)10-15(13-6-4-3-5-7-13)20-16(23)11-24-18-22-21-17(25-18)19-14-8-9-14/h3-7,12,14-15H,8-11H2,1-2H3,(H,19,21)(H,20,23). The lowest BCUT2D eigenvalue weighted by molar-refractivity contribution is -0.119. The van der Waals surface area contributed by atoms with Crippen molar-refractivity contribution in [2.75, 3.05) is 11.1 Å². The summed E-state index contributed by atoms with van der Waals surface area (Å²) in [6.45, 7) is 4.35. The molecule has 0 radical (unpaired) electrons. The van der Waals surface area contributed by atoms with Gasteiger partial charge in [-0.15, -0.1) is 10.2 Å². The Morgan fingerprint density at radius 2 is 2.04 bits per heavy atom. The summed E-state index contributed by atoms with van der Waals surface area (Å²) in [6.07, 6.45) is 3.34. The minimum Gasteiger partial charge on any atom is -0.357 e. The van der Waals surface area contributed by atoms with Crippen LogP contribution in [0.1, 0.15) is 44.7 Å². The van der Waals surface area contributed by atoms with Gasteiger partial charge < -0.3 is 10.6 Å². The highest BCUT2D eigenvalue weighted by Crippen LogP contribution is 2.30. The molecule has 0 bridgehead atoms. The third-order valence-corrected chi connectivity index (χ3v) is 5.87. The highest BCUT2D eigenvalue weighted by molar-refractivity contribution is 8.01. The first kappa shape index (κ1) is 18.2. The number of thioether (sulfide) groups is 1. The number of rotatable bonds is 9. The molecule has 3 rings (SSSR count). The van der Waals surface area contributed by atoms with Gasteiger partial charge in [0, 0.05) is 6.04 Å². The Kier molecular flexibility index (Phi) is 6.31. The molecule has 0 aliphatic heterocycles. The van der Waals surface area contributed by atoms with Gasteiger partial charge in [-0.3, -0.25) is 4.79 Å². The number of hydrogen-bond donors (Lipinski definition) is 2. The van der Waals surface area contributed by atoms with E-state index < -0.39 is 0 Å². The van der Waals surface area contributed by atoms with Gasteiger partial charge in [0.25, 0.3) is 0 Å². The lowest BCUT2D eigenvalue weighted by Crippen LogP contribution is -2.30. The first-order chi connectivity index (χ1) is 12.1. The summed E-state index contributed by atoms with van der Waals surface area (Å²) >= 11 is 2.96. The molecule has 1 heterocycles. The number of benzene rings is 1. The van der Waals surface area contributed by atoms with E-state index in [-0.39, 0.29) is 11.9 Å². The number of nitrogens with zero attached hydrogens (tertiary/aromatic N) is 2. The highest BCUT2D eigenvalue weighted by Gasteiger charge is 2.22. The molecule has 1 aromatic heterocycles. The van der Waals surface area contributed by atoms with E-state index in [1.165, 1.54) is 35.9 Å². The highest BCUT2D eigenvalue weighted by atomic mass is 32.2. The SMILES string of the molecule is CC(C)CC(NC(=O)CSc1nnc(NC2CC2)s1)c1ccccc1. The van der Waals surface area contributed by atoms with E-state index >= 15 is 0 Å². The fourth-order valence-electron chi connectivity index (χ4n) is 2.53. The Balaban J connectivity index is 1.51. The largest absolute Gasteiger partial charge is 0.357 e. The van der Waals surface area contributed by atoms with Gasteiger partial charge in [-0.25, -0.2) is 0 Å². The molecule has 1 aliphatic carbocycles. The molecule has 1 unspecified atom stereocenters. The van der Waals surface area contributed by atoms with Crippen LogP contribution in [0.3, 0.4) is 0 Å². The van der Waals surface area contributed by atoms with Crippen LogP contribution in [0, 0.1) is 5.92 Å². The molecular weight excluding hydrogens is 352 g/mol. The zero-order valence-electron chi connectivity index (χ0n) is 14.6. The Bertz CT molecular complexity index is 685. The molecule has 1 saturated carbocycles. The molecule has 134 valence electrons. The fraction of sp³-hybridized carbons (Fsp3) is 0.500. The van der Waals surface area contributed by atoms with E-state index in [0.717, 1.165) is 21.5 Å². The summed E-state index contributed by atoms with van der Waals surface area (Å²) in [6, 6.07) is 10.8. The van der Waals surface area contributed by atoms with Crippen LogP contribution in [0.5, 0.6) is 0 Å². The zero-order chi connectivity index (χ0) is 17.6. The zero-order valence-corrected chi connectivity index (χ0v) is 16.2. The summed E-state index contributed by atoms with van der Waals surface area (Å²) in [7, 11) is 0. The molecule has 0 spiro atoms. The van der Waals surface area contributed by atoms with Crippen LogP contribution in [0.15, 0.2) is 34.7 Å². The number of hydrogen-bond acceptors (Lipinski definition) is 6. The van der Waals surface area contributed by atoms with Crippen molar-refractivity contribution in [3.8, 4) is 0 Å². The molecule has 1 fully saturated rings. The number of carbonyl (C=O) groups is 1. The van der Waals surface area contributed by atoms with Crippen LogP contribution < -0.4 is 10.6 Å². The molecular formula is C18H24N4OS2. The smallest absolute Gasteiger partial charge is 0.230 e. The van der Waals surface area contributed by atoms with E-state index in [1.54, 1.807) is 0 Å². The summed E-state index contributed by atoms with van der Waals surface area (Å²) < 4.78 is 0.832. The predicted molar refractivity (Wildman–Crippen MR) is 104 cm³/mol. The Labute approximate surface area is 157 Å². The van der Waals surface area contributed by atoms with Crippen molar-refractivity contribution in [3.63, 3.8) is 0 Å². The van der Waals surface area contributed by atoms with Crippen LogP contribution in [0.2, 0.25) is 0 Å². The van der Waals surface area contributed by atoms with E-state index in [1.807, 2.05) is 18.2 Å². The van der Waals surface area contributed by atoms with Gasteiger partial charge in [-0.1, -0.05) is 67.3 Å². The van der Waals surface area contributed by atoms with Gasteiger partial charge in [0.1, 0.15) is 0 Å². The average Bonchev–Trinajstić information content (AvgIpc) is 3.29. The number of carbonyl (C=O) groups excluding carboxylic acids is 1. The van der Waals surface area contributed by atoms with E-state index in [9.17, 15) is 4.79 Å². The van der Waals surface area contributed by atoms with Crippen molar-refractivity contribution in [1.29, 1.82) is 0 Å². The molecule has 1 amide bonds. The third kappa shape index (κ3) is 6.01. The molecule has 1 aromatic carbocycles. The average molecular weight is 377 g/mol. The Hall–Kier alpha value is -1.60. The minimum atomic E-state index is 0.0337. The lowest BCUT2D eigenvalue weighted by Gasteiger charge is -2.21. The van der Waals surface area contributed by atoms with Gasteiger partial charge in [0.2, 0.25) is 11.0 Å². The summed E-state index contributed by atoms with van der Waals surface area (Å²) in [5, 5.41) is 15.6. The normalized spacial score (nSPS) is 15.2. The summed E-state index contributed by atoms with van der Waals surface area (Å²) in [5.74, 6) is 0.906. The van der Waals surface area contributed by atoms with Gasteiger partial charge >= 0.3 is 0 Å². The van der Waals surface area contributed by atoms with E-state index in [0.29, 0.717) is 17.7 Å². The molecule has 2 aromatic rings. The van der Waals surface area contributed by atoms with Crippen LogP contribution in [0.4, 0.5) is 5.13 Å². The van der Waals surface area contributed by atoms with E-state index in [2.05, 4.69) is 46.8 Å².